The van der Waals surface area contributed by atoms with Gasteiger partial charge in [0.25, 0.3) is 16.8 Å². The molecule has 1 aliphatic heterocycles. The lowest BCUT2D eigenvalue weighted by atomic mass is 10.1. The van der Waals surface area contributed by atoms with E-state index in [9.17, 15) is 19.7 Å². The van der Waals surface area contributed by atoms with Crippen LogP contribution >= 0.6 is 46.0 Å². The zero-order valence-electron chi connectivity index (χ0n) is 18.8. The summed E-state index contributed by atoms with van der Waals surface area (Å²) in [5, 5.41) is 11.1. The Hall–Kier alpha value is -3.09. The lowest BCUT2D eigenvalue weighted by Gasteiger charge is -2.14. The summed E-state index contributed by atoms with van der Waals surface area (Å²) in [4.78, 5) is 37.2. The minimum absolute atomic E-state index is 0.0261. The standard InChI is InChI=1S/C25H18ClIN2O6S/c1-34-21-11-17(10-20(27)23(21)35-14-16-2-6-18(26)7-3-16)12-22-24(30)28(25(31)36-22)13-15-4-8-19(9-5-15)29(32)33/h2-12H,13-14H2,1H3/b22-12+. The maximum atomic E-state index is 12.9. The second-order valence-electron chi connectivity index (χ2n) is 7.64. The Morgan fingerprint density at radius 3 is 2.39 bits per heavy atom. The minimum atomic E-state index is -0.504. The first-order chi connectivity index (χ1) is 17.2. The fraction of sp³-hybridized carbons (Fsp3) is 0.120. The van der Waals surface area contributed by atoms with Gasteiger partial charge in [0.15, 0.2) is 11.5 Å². The first kappa shape index (κ1) is 26.0. The number of thioether (sulfide) groups is 1. The molecular formula is C25H18ClIN2O6S. The van der Waals surface area contributed by atoms with Crippen LogP contribution in [0.15, 0.2) is 65.6 Å². The summed E-state index contributed by atoms with van der Waals surface area (Å²) >= 11 is 8.91. The van der Waals surface area contributed by atoms with Crippen LogP contribution in [0.3, 0.4) is 0 Å². The number of carbonyl (C=O) groups is 2. The first-order valence-corrected chi connectivity index (χ1v) is 12.8. The number of halogens is 2. The summed E-state index contributed by atoms with van der Waals surface area (Å²) in [6.07, 6.45) is 1.63. The fourth-order valence-corrected chi connectivity index (χ4v) is 5.14. The number of nitro groups is 1. The van der Waals surface area contributed by atoms with Crippen molar-refractivity contribution in [1.29, 1.82) is 0 Å². The largest absolute Gasteiger partial charge is 0.493 e. The molecule has 3 aromatic rings. The van der Waals surface area contributed by atoms with Crippen molar-refractivity contribution in [1.82, 2.24) is 4.90 Å². The van der Waals surface area contributed by atoms with Gasteiger partial charge in [0, 0.05) is 17.2 Å². The van der Waals surface area contributed by atoms with Crippen LogP contribution in [0.5, 0.6) is 11.5 Å². The van der Waals surface area contributed by atoms with Gasteiger partial charge in [-0.15, -0.1) is 0 Å². The molecule has 8 nitrogen and oxygen atoms in total. The van der Waals surface area contributed by atoms with Crippen molar-refractivity contribution in [2.75, 3.05) is 7.11 Å². The number of nitrogens with zero attached hydrogens (tertiary/aromatic N) is 2. The van der Waals surface area contributed by atoms with Crippen molar-refractivity contribution in [3.8, 4) is 11.5 Å². The molecule has 11 heteroatoms. The van der Waals surface area contributed by atoms with Gasteiger partial charge in [0.1, 0.15) is 6.61 Å². The highest BCUT2D eigenvalue weighted by atomic mass is 127. The normalized spacial score (nSPS) is 14.4. The van der Waals surface area contributed by atoms with Gasteiger partial charge in [0.2, 0.25) is 0 Å². The van der Waals surface area contributed by atoms with E-state index < -0.39 is 16.1 Å². The predicted octanol–water partition coefficient (Wildman–Crippen LogP) is 6.68. The Balaban J connectivity index is 1.50. The Kier molecular flexibility index (Phi) is 8.17. The number of nitro benzene ring substituents is 1. The summed E-state index contributed by atoms with van der Waals surface area (Å²) in [5.41, 5.74) is 2.18. The summed E-state index contributed by atoms with van der Waals surface area (Å²) in [5.74, 6) is 0.629. The number of rotatable bonds is 8. The molecule has 4 rings (SSSR count). The van der Waals surface area contributed by atoms with Crippen LogP contribution in [0.2, 0.25) is 5.02 Å². The molecule has 2 amide bonds. The topological polar surface area (TPSA) is 99.0 Å². The van der Waals surface area contributed by atoms with E-state index in [1.807, 2.05) is 18.2 Å². The fourth-order valence-electron chi connectivity index (χ4n) is 3.39. The molecule has 1 fully saturated rings. The minimum Gasteiger partial charge on any atom is -0.493 e. The Labute approximate surface area is 229 Å². The molecule has 0 saturated carbocycles. The van der Waals surface area contributed by atoms with E-state index in [0.29, 0.717) is 34.3 Å². The molecule has 184 valence electrons. The molecule has 1 heterocycles. The number of imide groups is 1. The van der Waals surface area contributed by atoms with Crippen LogP contribution in [0.25, 0.3) is 6.08 Å². The maximum Gasteiger partial charge on any atom is 0.293 e. The highest BCUT2D eigenvalue weighted by Gasteiger charge is 2.35. The van der Waals surface area contributed by atoms with Gasteiger partial charge in [-0.3, -0.25) is 24.6 Å². The van der Waals surface area contributed by atoms with Gasteiger partial charge >= 0.3 is 0 Å². The van der Waals surface area contributed by atoms with Gasteiger partial charge in [-0.25, -0.2) is 0 Å². The average Bonchev–Trinajstić information content (AvgIpc) is 3.11. The number of methoxy groups -OCH3 is 1. The van der Waals surface area contributed by atoms with Gasteiger partial charge in [0.05, 0.1) is 27.1 Å². The van der Waals surface area contributed by atoms with Gasteiger partial charge in [-0.2, -0.15) is 0 Å². The Morgan fingerprint density at radius 2 is 1.75 bits per heavy atom. The number of carbonyl (C=O) groups excluding carboxylic acids is 2. The second-order valence-corrected chi connectivity index (χ2v) is 10.2. The van der Waals surface area contributed by atoms with Crippen LogP contribution in [-0.2, 0) is 17.9 Å². The van der Waals surface area contributed by atoms with Gasteiger partial charge in [-0.1, -0.05) is 35.9 Å². The van der Waals surface area contributed by atoms with Crippen LogP contribution in [0.1, 0.15) is 16.7 Å². The van der Waals surface area contributed by atoms with E-state index in [1.165, 1.54) is 31.4 Å². The average molecular weight is 637 g/mol. The third kappa shape index (κ3) is 6.00. The molecule has 1 saturated heterocycles. The SMILES string of the molecule is COc1cc(/C=C2/SC(=O)N(Cc3ccc([N+](=O)[O-])cc3)C2=O)cc(I)c1OCc1ccc(Cl)cc1. The molecule has 0 spiro atoms. The molecule has 0 unspecified atom stereocenters. The summed E-state index contributed by atoms with van der Waals surface area (Å²) in [6.45, 7) is 0.350. The molecule has 0 radical (unpaired) electrons. The van der Waals surface area contributed by atoms with Gasteiger partial charge < -0.3 is 9.47 Å². The van der Waals surface area contributed by atoms with Crippen LogP contribution in [0.4, 0.5) is 10.5 Å². The molecule has 3 aromatic carbocycles. The number of benzene rings is 3. The van der Waals surface area contributed by atoms with E-state index in [4.69, 9.17) is 21.1 Å². The van der Waals surface area contributed by atoms with E-state index >= 15 is 0 Å². The first-order valence-electron chi connectivity index (χ1n) is 10.5. The molecule has 0 atom stereocenters. The molecule has 0 aliphatic carbocycles. The number of hydrogen-bond acceptors (Lipinski definition) is 7. The number of hydrogen-bond donors (Lipinski definition) is 0. The van der Waals surface area contributed by atoms with Crippen molar-refractivity contribution < 1.29 is 24.0 Å². The molecule has 0 aromatic heterocycles. The molecule has 36 heavy (non-hydrogen) atoms. The van der Waals surface area contributed by atoms with E-state index in [-0.39, 0.29) is 17.1 Å². The van der Waals surface area contributed by atoms with Gasteiger partial charge in [-0.05, 0) is 81.4 Å². The van der Waals surface area contributed by atoms with Crippen molar-refractivity contribution in [3.05, 3.63) is 101 Å². The van der Waals surface area contributed by atoms with Crippen LogP contribution in [-0.4, -0.2) is 28.1 Å². The van der Waals surface area contributed by atoms with Crippen LogP contribution < -0.4 is 9.47 Å². The zero-order valence-corrected chi connectivity index (χ0v) is 22.5. The van der Waals surface area contributed by atoms with E-state index in [2.05, 4.69) is 22.6 Å². The third-order valence-electron chi connectivity index (χ3n) is 5.21. The monoisotopic (exact) mass is 636 g/mol. The van der Waals surface area contributed by atoms with Crippen molar-refractivity contribution >= 4 is 68.9 Å². The predicted molar refractivity (Wildman–Crippen MR) is 146 cm³/mol. The molecule has 0 N–H and O–H groups in total. The van der Waals surface area contributed by atoms with Crippen molar-refractivity contribution in [2.45, 2.75) is 13.2 Å². The smallest absolute Gasteiger partial charge is 0.293 e. The number of ether oxygens (including phenoxy) is 2. The zero-order chi connectivity index (χ0) is 25.8. The number of amides is 2. The summed E-state index contributed by atoms with van der Waals surface area (Å²) < 4.78 is 12.3. The highest BCUT2D eigenvalue weighted by molar-refractivity contribution is 14.1. The second kappa shape index (κ2) is 11.3. The molecule has 0 bridgehead atoms. The number of non-ortho nitro benzene ring substituents is 1. The molecular weight excluding hydrogens is 619 g/mol. The van der Waals surface area contributed by atoms with Crippen molar-refractivity contribution in [2.24, 2.45) is 0 Å². The third-order valence-corrected chi connectivity index (χ3v) is 7.17. The Bertz CT molecular complexity index is 1360. The van der Waals surface area contributed by atoms with E-state index in [1.54, 1.807) is 24.3 Å². The highest BCUT2D eigenvalue weighted by Crippen LogP contribution is 2.38. The maximum absolute atomic E-state index is 12.9. The summed E-state index contributed by atoms with van der Waals surface area (Å²) in [6, 6.07) is 16.7. The lowest BCUT2D eigenvalue weighted by Crippen LogP contribution is -2.27. The Morgan fingerprint density at radius 1 is 1.08 bits per heavy atom. The summed E-state index contributed by atoms with van der Waals surface area (Å²) in [7, 11) is 1.53. The van der Waals surface area contributed by atoms with E-state index in [0.717, 1.165) is 25.8 Å². The molecule has 1 aliphatic rings. The lowest BCUT2D eigenvalue weighted by molar-refractivity contribution is -0.384. The van der Waals surface area contributed by atoms with Crippen molar-refractivity contribution in [3.63, 3.8) is 0 Å². The van der Waals surface area contributed by atoms with Crippen LogP contribution in [0, 0.1) is 13.7 Å². The quantitative estimate of drug-likeness (QED) is 0.118.